The van der Waals surface area contributed by atoms with Crippen molar-refractivity contribution in [3.8, 4) is 5.75 Å². The minimum absolute atomic E-state index is 0.0201. The van der Waals surface area contributed by atoms with Crippen LogP contribution in [-0.4, -0.2) is 53.4 Å². The third-order valence-corrected chi connectivity index (χ3v) is 8.56. The van der Waals surface area contributed by atoms with Gasteiger partial charge < -0.3 is 19.5 Å². The van der Waals surface area contributed by atoms with E-state index in [1.807, 2.05) is 55.5 Å². The Morgan fingerprint density at radius 3 is 2.67 bits per heavy atom. The summed E-state index contributed by atoms with van der Waals surface area (Å²) in [5.41, 5.74) is 0.522. The molecule has 7 nitrogen and oxygen atoms in total. The van der Waals surface area contributed by atoms with Crippen LogP contribution in [0.2, 0.25) is 0 Å². The fraction of sp³-hybridized carbons (Fsp3) is 0.333. The standard InChI is InChI=1S/C24H27N3O4S2/c1-3-25-24(29)26-22-21(19-9-4-5-10-20(19)32-22)23(28)27-13-11-17(12-14-27)33(30)18-8-6-7-16(15-18)31-2/h4-10,15,17H,3,11-14H2,1-2H3,(H2,25,26,29). The van der Waals surface area contributed by atoms with Gasteiger partial charge in [0.1, 0.15) is 16.0 Å². The third-order valence-electron chi connectivity index (χ3n) is 5.68. The quantitative estimate of drug-likeness (QED) is 0.504. The lowest BCUT2D eigenvalue weighted by Crippen LogP contribution is -2.42. The van der Waals surface area contributed by atoms with Gasteiger partial charge in [0.15, 0.2) is 4.90 Å². The van der Waals surface area contributed by atoms with Gasteiger partial charge in [0, 0.05) is 48.6 Å². The summed E-state index contributed by atoms with van der Waals surface area (Å²) in [6.45, 7) is 3.38. The summed E-state index contributed by atoms with van der Waals surface area (Å²) in [5.74, 6) is 0.579. The van der Waals surface area contributed by atoms with Crippen molar-refractivity contribution in [1.29, 1.82) is 0 Å². The molecule has 9 heteroatoms. The predicted molar refractivity (Wildman–Crippen MR) is 133 cm³/mol. The number of rotatable bonds is 6. The Labute approximate surface area is 200 Å². The first kappa shape index (κ1) is 23.4. The predicted octanol–water partition coefficient (Wildman–Crippen LogP) is 4.46. The molecule has 1 atom stereocenters. The van der Waals surface area contributed by atoms with Gasteiger partial charge in [-0.15, -0.1) is 11.3 Å². The van der Waals surface area contributed by atoms with Crippen molar-refractivity contribution in [2.45, 2.75) is 29.9 Å². The summed E-state index contributed by atoms with van der Waals surface area (Å²) in [6, 6.07) is 14.7. The zero-order valence-corrected chi connectivity index (χ0v) is 20.3. The lowest BCUT2D eigenvalue weighted by Gasteiger charge is -2.32. The Morgan fingerprint density at radius 1 is 1.18 bits per heavy atom. The van der Waals surface area contributed by atoms with Gasteiger partial charge in [-0.3, -0.25) is 10.1 Å². The molecule has 3 aromatic rings. The van der Waals surface area contributed by atoms with E-state index in [0.717, 1.165) is 15.0 Å². The molecule has 0 bridgehead atoms. The molecule has 2 aromatic carbocycles. The number of anilines is 1. The molecular weight excluding hydrogens is 458 g/mol. The van der Waals surface area contributed by atoms with E-state index in [9.17, 15) is 14.1 Å². The second kappa shape index (κ2) is 10.5. The van der Waals surface area contributed by atoms with E-state index in [0.29, 0.717) is 48.8 Å². The van der Waals surface area contributed by atoms with E-state index in [-0.39, 0.29) is 17.2 Å². The van der Waals surface area contributed by atoms with E-state index >= 15 is 0 Å². The van der Waals surface area contributed by atoms with Crippen LogP contribution in [0.4, 0.5) is 9.80 Å². The van der Waals surface area contributed by atoms with Crippen LogP contribution in [0, 0.1) is 0 Å². The highest BCUT2D eigenvalue weighted by Gasteiger charge is 2.33. The zero-order chi connectivity index (χ0) is 23.4. The van der Waals surface area contributed by atoms with Crippen LogP contribution in [0.25, 0.3) is 10.1 Å². The summed E-state index contributed by atoms with van der Waals surface area (Å²) in [4.78, 5) is 28.2. The number of hydrogen-bond acceptors (Lipinski definition) is 5. The number of ether oxygens (including phenoxy) is 1. The molecule has 1 aliphatic rings. The molecule has 1 aliphatic heterocycles. The molecule has 1 saturated heterocycles. The van der Waals surface area contributed by atoms with E-state index < -0.39 is 11.2 Å². The Hall–Kier alpha value is -2.75. The normalized spacial score (nSPS) is 15.3. The number of urea groups is 1. The molecule has 1 fully saturated rings. The van der Waals surface area contributed by atoms with Crippen LogP contribution in [0.15, 0.2) is 53.4 Å². The first-order valence-corrected chi connectivity index (χ1v) is 12.9. The Kier molecular flexibility index (Phi) is 7.42. The molecule has 33 heavy (non-hydrogen) atoms. The monoisotopic (exact) mass is 485 g/mol. The number of likely N-dealkylation sites (tertiary alicyclic amines) is 1. The number of carbonyl (C=O) groups is 2. The van der Waals surface area contributed by atoms with Crippen molar-refractivity contribution in [2.24, 2.45) is 0 Å². The molecule has 0 spiro atoms. The van der Waals surface area contributed by atoms with Crippen molar-refractivity contribution in [1.82, 2.24) is 10.2 Å². The molecule has 2 heterocycles. The van der Waals surface area contributed by atoms with Crippen molar-refractivity contribution in [2.75, 3.05) is 32.1 Å². The second-order valence-corrected chi connectivity index (χ2v) is 10.5. The fourth-order valence-corrected chi connectivity index (χ4v) is 6.56. The van der Waals surface area contributed by atoms with Crippen molar-refractivity contribution in [3.05, 3.63) is 54.1 Å². The lowest BCUT2D eigenvalue weighted by atomic mass is 10.1. The van der Waals surface area contributed by atoms with Gasteiger partial charge in [-0.2, -0.15) is 0 Å². The van der Waals surface area contributed by atoms with Crippen LogP contribution in [-0.2, 0) is 11.2 Å². The van der Waals surface area contributed by atoms with Gasteiger partial charge in [0.25, 0.3) is 5.91 Å². The van der Waals surface area contributed by atoms with Crippen LogP contribution in [0.5, 0.6) is 5.75 Å². The van der Waals surface area contributed by atoms with Crippen molar-refractivity contribution < 1.29 is 18.9 Å². The number of hydrogen-bond donors (Lipinski definition) is 2. The Bertz CT molecular complexity index is 1140. The molecule has 3 amide bonds. The highest BCUT2D eigenvalue weighted by Crippen LogP contribution is 2.37. The highest BCUT2D eigenvalue weighted by molar-refractivity contribution is 7.92. The van der Waals surface area contributed by atoms with Crippen molar-refractivity contribution >= 4 is 49.5 Å². The largest absolute Gasteiger partial charge is 0.611 e. The van der Waals surface area contributed by atoms with Gasteiger partial charge in [0.2, 0.25) is 0 Å². The first-order chi connectivity index (χ1) is 16.0. The van der Waals surface area contributed by atoms with E-state index in [1.54, 1.807) is 12.0 Å². The summed E-state index contributed by atoms with van der Waals surface area (Å²) in [7, 11) is 1.59. The summed E-state index contributed by atoms with van der Waals surface area (Å²) in [5, 5.41) is 6.92. The molecule has 1 aromatic heterocycles. The van der Waals surface area contributed by atoms with E-state index in [1.165, 1.54) is 11.3 Å². The van der Waals surface area contributed by atoms with Crippen LogP contribution in [0.3, 0.4) is 0 Å². The minimum Gasteiger partial charge on any atom is -0.611 e. The number of nitrogens with zero attached hydrogens (tertiary/aromatic N) is 1. The Balaban J connectivity index is 1.50. The molecule has 0 radical (unpaired) electrons. The van der Waals surface area contributed by atoms with Gasteiger partial charge >= 0.3 is 6.03 Å². The molecule has 1 unspecified atom stereocenters. The lowest BCUT2D eigenvalue weighted by molar-refractivity contribution is 0.0729. The van der Waals surface area contributed by atoms with E-state index in [2.05, 4.69) is 10.6 Å². The van der Waals surface area contributed by atoms with Crippen LogP contribution in [0.1, 0.15) is 30.1 Å². The average molecular weight is 486 g/mol. The zero-order valence-electron chi connectivity index (χ0n) is 18.6. The molecule has 174 valence electrons. The number of fused-ring (bicyclic) bond motifs is 1. The van der Waals surface area contributed by atoms with Gasteiger partial charge in [-0.1, -0.05) is 24.3 Å². The van der Waals surface area contributed by atoms with E-state index in [4.69, 9.17) is 4.74 Å². The molecule has 0 aliphatic carbocycles. The number of amides is 3. The minimum atomic E-state index is -1.16. The number of piperidine rings is 1. The summed E-state index contributed by atoms with van der Waals surface area (Å²) < 4.78 is 19.3. The molecule has 4 rings (SSSR count). The summed E-state index contributed by atoms with van der Waals surface area (Å²) >= 11 is 0.232. The van der Waals surface area contributed by atoms with Gasteiger partial charge in [0.05, 0.1) is 12.7 Å². The van der Waals surface area contributed by atoms with Crippen LogP contribution < -0.4 is 15.4 Å². The smallest absolute Gasteiger partial charge is 0.319 e. The third kappa shape index (κ3) is 5.10. The maximum atomic E-state index is 13.5. The number of methoxy groups -OCH3 is 1. The van der Waals surface area contributed by atoms with Gasteiger partial charge in [-0.25, -0.2) is 4.79 Å². The number of thiophene rings is 1. The summed E-state index contributed by atoms with van der Waals surface area (Å²) in [6.07, 6.45) is 1.30. The maximum absolute atomic E-state index is 13.5. The van der Waals surface area contributed by atoms with Crippen LogP contribution >= 0.6 is 11.3 Å². The molecule has 0 saturated carbocycles. The molecule has 2 N–H and O–H groups in total. The second-order valence-electron chi connectivity index (χ2n) is 7.75. The molecular formula is C24H27N3O4S2. The fourth-order valence-electron chi connectivity index (χ4n) is 4.00. The number of benzene rings is 2. The highest BCUT2D eigenvalue weighted by atomic mass is 32.2. The Morgan fingerprint density at radius 2 is 1.94 bits per heavy atom. The number of carbonyl (C=O) groups excluding carboxylic acids is 2. The number of nitrogens with one attached hydrogen (secondary N) is 2. The first-order valence-electron chi connectivity index (χ1n) is 10.9. The topological polar surface area (TPSA) is 93.7 Å². The van der Waals surface area contributed by atoms with Crippen molar-refractivity contribution in [3.63, 3.8) is 0 Å². The maximum Gasteiger partial charge on any atom is 0.319 e. The average Bonchev–Trinajstić information content (AvgIpc) is 3.21. The van der Waals surface area contributed by atoms with Gasteiger partial charge in [-0.05, 0) is 36.3 Å². The SMILES string of the molecule is CCNC(=O)Nc1sc2ccccc2c1C(=O)N1CCC([S+]([O-])c2cccc(OC)c2)CC1.